The van der Waals surface area contributed by atoms with E-state index in [4.69, 9.17) is 4.74 Å². The molecule has 1 aromatic carbocycles. The molecule has 2 aromatic heterocycles. The summed E-state index contributed by atoms with van der Waals surface area (Å²) < 4.78 is 9.65. The second-order valence-corrected chi connectivity index (χ2v) is 8.67. The number of carbonyl (C=O) groups excluding carboxylic acids is 1. The molecule has 1 aliphatic rings. The Morgan fingerprint density at radius 2 is 2.10 bits per heavy atom. The van der Waals surface area contributed by atoms with Gasteiger partial charge in [-0.25, -0.2) is 4.68 Å². The minimum Gasteiger partial charge on any atom is -0.376 e. The van der Waals surface area contributed by atoms with Crippen LogP contribution in [0.25, 0.3) is 0 Å². The summed E-state index contributed by atoms with van der Waals surface area (Å²) in [5, 5.41) is 12.6. The molecule has 0 aliphatic carbocycles. The van der Waals surface area contributed by atoms with E-state index in [0.29, 0.717) is 17.5 Å². The third-order valence-corrected chi connectivity index (χ3v) is 6.64. The second kappa shape index (κ2) is 9.14. The first-order valence-corrected chi connectivity index (χ1v) is 11.3. The molecule has 1 saturated heterocycles. The van der Waals surface area contributed by atoms with Crippen molar-refractivity contribution < 1.29 is 9.53 Å². The number of hydrogen-bond donors (Lipinski definition) is 0. The van der Waals surface area contributed by atoms with E-state index in [0.717, 1.165) is 36.4 Å². The zero-order valence-corrected chi connectivity index (χ0v) is 18.4. The van der Waals surface area contributed by atoms with Gasteiger partial charge in [0.25, 0.3) is 0 Å². The predicted octanol–water partition coefficient (Wildman–Crippen LogP) is 3.85. The van der Waals surface area contributed by atoms with E-state index in [9.17, 15) is 4.79 Å². The van der Waals surface area contributed by atoms with E-state index >= 15 is 0 Å². The van der Waals surface area contributed by atoms with Gasteiger partial charge in [-0.15, -0.1) is 5.10 Å². The fourth-order valence-electron chi connectivity index (χ4n) is 4.14. The zero-order valence-electron chi connectivity index (χ0n) is 17.6. The molecule has 3 heterocycles. The molecule has 1 fully saturated rings. The van der Waals surface area contributed by atoms with E-state index in [2.05, 4.69) is 46.1 Å². The Balaban J connectivity index is 1.45. The van der Waals surface area contributed by atoms with Gasteiger partial charge in [0.2, 0.25) is 5.16 Å². The highest BCUT2D eigenvalue weighted by molar-refractivity contribution is 7.99. The molecule has 0 bridgehead atoms. The Labute approximate surface area is 180 Å². The Morgan fingerprint density at radius 1 is 1.30 bits per heavy atom. The van der Waals surface area contributed by atoms with Crippen LogP contribution in [0.5, 0.6) is 0 Å². The highest BCUT2D eigenvalue weighted by atomic mass is 32.2. The Morgan fingerprint density at radius 3 is 2.83 bits per heavy atom. The summed E-state index contributed by atoms with van der Waals surface area (Å²) in [5.41, 5.74) is 4.07. The van der Waals surface area contributed by atoms with Crippen LogP contribution in [0.3, 0.4) is 0 Å². The maximum Gasteiger partial charge on any atom is 0.209 e. The van der Waals surface area contributed by atoms with Crippen molar-refractivity contribution in [2.24, 2.45) is 0 Å². The normalized spacial score (nSPS) is 17.4. The summed E-state index contributed by atoms with van der Waals surface area (Å²) in [7, 11) is 0. The van der Waals surface area contributed by atoms with Crippen LogP contribution in [-0.2, 0) is 11.3 Å². The van der Waals surface area contributed by atoms with Crippen molar-refractivity contribution in [3.8, 4) is 0 Å². The van der Waals surface area contributed by atoms with Crippen LogP contribution in [-0.4, -0.2) is 49.0 Å². The topological polar surface area (TPSA) is 74.8 Å². The molecule has 0 spiro atoms. The maximum atomic E-state index is 13.0. The lowest BCUT2D eigenvalue weighted by atomic mass is 10.1. The first-order valence-electron chi connectivity index (χ1n) is 10.3. The maximum absolute atomic E-state index is 13.0. The number of aromatic nitrogens is 5. The van der Waals surface area contributed by atoms with Crippen molar-refractivity contribution in [3.05, 3.63) is 58.9 Å². The van der Waals surface area contributed by atoms with Crippen LogP contribution < -0.4 is 0 Å². The van der Waals surface area contributed by atoms with Crippen LogP contribution in [0.1, 0.15) is 53.1 Å². The summed E-state index contributed by atoms with van der Waals surface area (Å²) in [6.07, 6.45) is 2.25. The minimum atomic E-state index is 0.0891. The number of tetrazole rings is 1. The fourth-order valence-corrected chi connectivity index (χ4v) is 4.91. The SMILES string of the molecule is Cc1cc(C(=O)CSc2nnnn2CC2CCCO2)c(C)n1C(C)c1ccccc1. The quantitative estimate of drug-likeness (QED) is 0.403. The number of aryl methyl sites for hydroxylation is 1. The summed E-state index contributed by atoms with van der Waals surface area (Å²) in [5.74, 6) is 0.391. The third kappa shape index (κ3) is 4.34. The first-order chi connectivity index (χ1) is 14.5. The second-order valence-electron chi connectivity index (χ2n) is 7.73. The molecule has 0 N–H and O–H groups in total. The largest absolute Gasteiger partial charge is 0.376 e. The highest BCUT2D eigenvalue weighted by Crippen LogP contribution is 2.27. The van der Waals surface area contributed by atoms with Crippen molar-refractivity contribution in [2.45, 2.75) is 57.5 Å². The van der Waals surface area contributed by atoms with E-state index in [1.165, 1.54) is 17.3 Å². The number of rotatable bonds is 8. The third-order valence-electron chi connectivity index (χ3n) is 5.69. The molecule has 3 aromatic rings. The van der Waals surface area contributed by atoms with Gasteiger partial charge >= 0.3 is 0 Å². The number of hydrogen-bond acceptors (Lipinski definition) is 6. The van der Waals surface area contributed by atoms with Crippen molar-refractivity contribution in [2.75, 3.05) is 12.4 Å². The Kier molecular flexibility index (Phi) is 6.34. The number of Topliss-reactive ketones (excluding diaryl/α,β-unsaturated/α-hetero) is 1. The Bertz CT molecular complexity index is 1010. The summed E-state index contributed by atoms with van der Waals surface area (Å²) >= 11 is 1.38. The van der Waals surface area contributed by atoms with Gasteiger partial charge < -0.3 is 9.30 Å². The molecule has 0 radical (unpaired) electrons. The lowest BCUT2D eigenvalue weighted by Crippen LogP contribution is -2.17. The molecule has 2 atom stereocenters. The molecule has 1 aliphatic heterocycles. The van der Waals surface area contributed by atoms with Gasteiger partial charge in [0.05, 0.1) is 24.4 Å². The van der Waals surface area contributed by atoms with Crippen LogP contribution in [0.4, 0.5) is 0 Å². The van der Waals surface area contributed by atoms with E-state index < -0.39 is 0 Å². The van der Waals surface area contributed by atoms with E-state index in [1.807, 2.05) is 31.2 Å². The molecule has 30 heavy (non-hydrogen) atoms. The molecule has 0 saturated carbocycles. The average Bonchev–Trinajstić information content (AvgIpc) is 3.48. The average molecular weight is 426 g/mol. The minimum absolute atomic E-state index is 0.0891. The molecule has 2 unspecified atom stereocenters. The van der Waals surface area contributed by atoms with Gasteiger partial charge in [-0.3, -0.25) is 4.79 Å². The summed E-state index contributed by atoms with van der Waals surface area (Å²) in [6, 6.07) is 12.5. The molecular formula is C22H27N5O2S. The lowest BCUT2D eigenvalue weighted by molar-refractivity contribution is 0.0912. The number of benzene rings is 1. The molecule has 158 valence electrons. The van der Waals surface area contributed by atoms with E-state index in [1.54, 1.807) is 4.68 Å². The summed E-state index contributed by atoms with van der Waals surface area (Å²) in [4.78, 5) is 13.0. The highest BCUT2D eigenvalue weighted by Gasteiger charge is 2.22. The smallest absolute Gasteiger partial charge is 0.209 e. The van der Waals surface area contributed by atoms with Gasteiger partial charge in [0.1, 0.15) is 0 Å². The van der Waals surface area contributed by atoms with E-state index in [-0.39, 0.29) is 17.9 Å². The van der Waals surface area contributed by atoms with Crippen molar-refractivity contribution in [3.63, 3.8) is 0 Å². The van der Waals surface area contributed by atoms with Crippen LogP contribution in [0.2, 0.25) is 0 Å². The zero-order chi connectivity index (χ0) is 21.1. The van der Waals surface area contributed by atoms with Crippen molar-refractivity contribution in [1.82, 2.24) is 24.8 Å². The lowest BCUT2D eigenvalue weighted by Gasteiger charge is -2.19. The van der Waals surface area contributed by atoms with Gasteiger partial charge in [0.15, 0.2) is 5.78 Å². The number of thioether (sulfide) groups is 1. The first kappa shape index (κ1) is 20.8. The van der Waals surface area contributed by atoms with Crippen LogP contribution >= 0.6 is 11.8 Å². The molecule has 7 nitrogen and oxygen atoms in total. The molecule has 0 amide bonds. The predicted molar refractivity (Wildman–Crippen MR) is 116 cm³/mol. The van der Waals surface area contributed by atoms with Crippen molar-refractivity contribution >= 4 is 17.5 Å². The van der Waals surface area contributed by atoms with Crippen molar-refractivity contribution in [1.29, 1.82) is 0 Å². The molecule has 8 heteroatoms. The number of ketones is 1. The van der Waals surface area contributed by atoms with Gasteiger partial charge in [-0.1, -0.05) is 42.1 Å². The van der Waals surface area contributed by atoms with Crippen LogP contribution in [0, 0.1) is 13.8 Å². The number of ether oxygens (including phenoxy) is 1. The number of carbonyl (C=O) groups is 1. The van der Waals surface area contributed by atoms with Gasteiger partial charge in [-0.2, -0.15) is 0 Å². The fraction of sp³-hybridized carbons (Fsp3) is 0.455. The van der Waals surface area contributed by atoms with Gasteiger partial charge in [0, 0.05) is 23.6 Å². The standard InChI is InChI=1S/C22H27N5O2S/c1-15-12-20(17(3)27(15)16(2)18-8-5-4-6-9-18)21(28)14-30-22-23-24-25-26(22)13-19-10-7-11-29-19/h4-6,8-9,12,16,19H,7,10-11,13-14H2,1-3H3. The molecule has 4 rings (SSSR count). The molecular weight excluding hydrogens is 398 g/mol. The Hall–Kier alpha value is -2.45. The van der Waals surface area contributed by atoms with Crippen LogP contribution in [0.15, 0.2) is 41.6 Å². The summed E-state index contributed by atoms with van der Waals surface area (Å²) in [6.45, 7) is 7.67. The monoisotopic (exact) mass is 425 g/mol. The van der Waals surface area contributed by atoms with Gasteiger partial charge in [-0.05, 0) is 55.7 Å². The number of nitrogens with zero attached hydrogens (tertiary/aromatic N) is 5.